The number of alkyl carbamates (subject to hydrolysis) is 1. The highest BCUT2D eigenvalue weighted by molar-refractivity contribution is 6.00. The van der Waals surface area contributed by atoms with Gasteiger partial charge in [0.15, 0.2) is 0 Å². The van der Waals surface area contributed by atoms with E-state index in [1.54, 1.807) is 42.7 Å². The second-order valence-corrected chi connectivity index (χ2v) is 7.87. The van der Waals surface area contributed by atoms with Crippen LogP contribution in [-0.4, -0.2) is 71.5 Å². The smallest absolute Gasteiger partial charge is 0.408 e. The number of nitrogens with one attached hydrogen (secondary N) is 2. The van der Waals surface area contributed by atoms with Gasteiger partial charge in [0.05, 0.1) is 33.6 Å². The van der Waals surface area contributed by atoms with E-state index < -0.39 is 17.6 Å². The topological polar surface area (TPSA) is 136 Å². The van der Waals surface area contributed by atoms with Crippen LogP contribution in [-0.2, 0) is 20.8 Å². The highest BCUT2D eigenvalue weighted by Gasteiger charge is 2.45. The summed E-state index contributed by atoms with van der Waals surface area (Å²) in [6, 6.07) is 8.66. The number of ether oxygens (including phenoxy) is 3. The number of esters is 1. The van der Waals surface area contributed by atoms with E-state index in [9.17, 15) is 14.4 Å². The summed E-state index contributed by atoms with van der Waals surface area (Å²) in [4.78, 5) is 44.1. The largest absolute Gasteiger partial charge is 0.497 e. The summed E-state index contributed by atoms with van der Waals surface area (Å²) >= 11 is 0. The van der Waals surface area contributed by atoms with Crippen LogP contribution < -0.4 is 10.1 Å². The predicted octanol–water partition coefficient (Wildman–Crippen LogP) is 1.76. The molecule has 0 aliphatic carbocycles. The molecule has 0 bridgehead atoms. The predicted molar refractivity (Wildman–Crippen MR) is 127 cm³/mol. The van der Waals surface area contributed by atoms with Crippen LogP contribution >= 0.6 is 0 Å². The molecule has 184 valence electrons. The summed E-state index contributed by atoms with van der Waals surface area (Å²) in [5.41, 5.74) is 1.08. The maximum Gasteiger partial charge on any atom is 0.408 e. The van der Waals surface area contributed by atoms with Crippen molar-refractivity contribution >= 4 is 18.0 Å². The number of carbonyl (C=O) groups is 3. The summed E-state index contributed by atoms with van der Waals surface area (Å²) in [6.07, 6.45) is 3.89. The van der Waals surface area contributed by atoms with E-state index in [0.29, 0.717) is 28.1 Å². The molecule has 1 aliphatic rings. The first-order chi connectivity index (χ1) is 17.4. The minimum atomic E-state index is -1.92. The zero-order chi connectivity index (χ0) is 25.7. The van der Waals surface area contributed by atoms with Crippen LogP contribution in [0, 0.1) is 11.8 Å². The number of amides is 2. The van der Waals surface area contributed by atoms with Gasteiger partial charge in [-0.05, 0) is 29.8 Å². The average Bonchev–Trinajstić information content (AvgIpc) is 3.55. The summed E-state index contributed by atoms with van der Waals surface area (Å²) < 4.78 is 14.9. The van der Waals surface area contributed by atoms with E-state index in [4.69, 9.17) is 14.2 Å². The number of benzene rings is 1. The monoisotopic (exact) mass is 489 g/mol. The van der Waals surface area contributed by atoms with Gasteiger partial charge in [-0.25, -0.2) is 9.59 Å². The fourth-order valence-electron chi connectivity index (χ4n) is 3.81. The maximum absolute atomic E-state index is 13.2. The Morgan fingerprint density at radius 2 is 2.00 bits per heavy atom. The molecule has 11 heteroatoms. The normalized spacial score (nSPS) is 13.6. The molecule has 1 atom stereocenters. The minimum Gasteiger partial charge on any atom is -0.497 e. The van der Waals surface area contributed by atoms with E-state index >= 15 is 0 Å². The Morgan fingerprint density at radius 1 is 1.17 bits per heavy atom. The second-order valence-electron chi connectivity index (χ2n) is 7.87. The zero-order valence-corrected chi connectivity index (χ0v) is 19.8. The summed E-state index contributed by atoms with van der Waals surface area (Å²) in [5.74, 6) is 5.02. The molecule has 2 N–H and O–H groups in total. The molecule has 0 unspecified atom stereocenters. The molecule has 0 fully saturated rings. The van der Waals surface area contributed by atoms with Crippen molar-refractivity contribution in [2.75, 3.05) is 27.9 Å². The van der Waals surface area contributed by atoms with Crippen molar-refractivity contribution in [1.29, 1.82) is 0 Å². The molecule has 0 saturated heterocycles. The molecule has 4 rings (SSSR count). The molecule has 0 spiro atoms. The van der Waals surface area contributed by atoms with Crippen LogP contribution in [0.5, 0.6) is 5.75 Å². The third-order valence-corrected chi connectivity index (χ3v) is 5.61. The molecule has 1 aromatic carbocycles. The number of H-pyrrole nitrogens is 1. The lowest BCUT2D eigenvalue weighted by Gasteiger charge is -2.30. The third-order valence-electron chi connectivity index (χ3n) is 5.61. The van der Waals surface area contributed by atoms with Crippen LogP contribution in [0.3, 0.4) is 0 Å². The maximum atomic E-state index is 13.2. The van der Waals surface area contributed by atoms with Crippen molar-refractivity contribution in [1.82, 2.24) is 25.4 Å². The highest BCUT2D eigenvalue weighted by atomic mass is 16.5. The van der Waals surface area contributed by atoms with Gasteiger partial charge in [0, 0.05) is 41.8 Å². The van der Waals surface area contributed by atoms with Crippen LogP contribution in [0.25, 0.3) is 11.3 Å². The minimum absolute atomic E-state index is 0.206. The van der Waals surface area contributed by atoms with Gasteiger partial charge in [-0.1, -0.05) is 17.9 Å². The fourth-order valence-corrected chi connectivity index (χ4v) is 3.81. The molecular formula is C25H23N5O6. The van der Waals surface area contributed by atoms with E-state index in [1.807, 2.05) is 0 Å². The molecule has 0 saturated carbocycles. The molecule has 3 heterocycles. The Balaban J connectivity index is 1.71. The Bertz CT molecular complexity index is 1360. The molecule has 2 amide bonds. The quantitative estimate of drug-likeness (QED) is 0.395. The number of aromatic nitrogens is 3. The Hall–Kier alpha value is -4.85. The third kappa shape index (κ3) is 4.83. The summed E-state index contributed by atoms with van der Waals surface area (Å²) in [6.45, 7) is -0.0816. The van der Waals surface area contributed by atoms with E-state index in [0.717, 1.165) is 12.7 Å². The van der Waals surface area contributed by atoms with Crippen LogP contribution in [0.4, 0.5) is 4.79 Å². The molecular weight excluding hydrogens is 466 g/mol. The van der Waals surface area contributed by atoms with Gasteiger partial charge >= 0.3 is 12.1 Å². The number of methoxy groups -OCH3 is 3. The van der Waals surface area contributed by atoms with Crippen molar-refractivity contribution in [2.24, 2.45) is 0 Å². The average molecular weight is 489 g/mol. The second kappa shape index (κ2) is 10.2. The van der Waals surface area contributed by atoms with Crippen molar-refractivity contribution < 1.29 is 28.6 Å². The first-order valence-corrected chi connectivity index (χ1v) is 10.8. The van der Waals surface area contributed by atoms with Crippen molar-refractivity contribution in [3.8, 4) is 28.8 Å². The van der Waals surface area contributed by atoms with Crippen LogP contribution in [0.15, 0.2) is 48.9 Å². The summed E-state index contributed by atoms with van der Waals surface area (Å²) in [7, 11) is 3.83. The molecule has 36 heavy (non-hydrogen) atoms. The number of rotatable bonds is 6. The van der Waals surface area contributed by atoms with Gasteiger partial charge in [-0.3, -0.25) is 20.2 Å². The van der Waals surface area contributed by atoms with E-state index in [1.165, 1.54) is 25.3 Å². The van der Waals surface area contributed by atoms with Crippen molar-refractivity contribution in [3.63, 3.8) is 0 Å². The number of fused-ring (bicyclic) bond motifs is 1. The molecule has 1 aliphatic heterocycles. The first kappa shape index (κ1) is 24.3. The van der Waals surface area contributed by atoms with Crippen LogP contribution in [0.2, 0.25) is 0 Å². The lowest BCUT2D eigenvalue weighted by atomic mass is 9.98. The van der Waals surface area contributed by atoms with Gasteiger partial charge < -0.3 is 19.1 Å². The van der Waals surface area contributed by atoms with Gasteiger partial charge in [-0.2, -0.15) is 5.10 Å². The Kier molecular flexibility index (Phi) is 6.87. The number of pyridine rings is 1. The fraction of sp³-hybridized carbons (Fsp3) is 0.240. The van der Waals surface area contributed by atoms with E-state index in [2.05, 4.69) is 32.3 Å². The zero-order valence-electron chi connectivity index (χ0n) is 19.8. The number of hydrogen-bond donors (Lipinski definition) is 2. The Morgan fingerprint density at radius 3 is 2.69 bits per heavy atom. The summed E-state index contributed by atoms with van der Waals surface area (Å²) in [5, 5.41) is 9.33. The van der Waals surface area contributed by atoms with E-state index in [-0.39, 0.29) is 19.0 Å². The molecule has 3 aromatic rings. The van der Waals surface area contributed by atoms with Gasteiger partial charge in [-0.15, -0.1) is 0 Å². The highest BCUT2D eigenvalue weighted by Crippen LogP contribution is 2.28. The molecule has 11 nitrogen and oxygen atoms in total. The number of hydrogen-bond acceptors (Lipinski definition) is 8. The lowest BCUT2D eigenvalue weighted by molar-refractivity contribution is -0.146. The number of carbonyl (C=O) groups excluding carboxylic acids is 3. The van der Waals surface area contributed by atoms with Crippen molar-refractivity contribution in [3.05, 3.63) is 65.6 Å². The first-order valence-electron chi connectivity index (χ1n) is 10.8. The van der Waals surface area contributed by atoms with Gasteiger partial charge in [0.2, 0.25) is 5.54 Å². The van der Waals surface area contributed by atoms with Crippen LogP contribution in [0.1, 0.15) is 21.5 Å². The number of aromatic amines is 1. The molecule has 0 radical (unpaired) electrons. The van der Waals surface area contributed by atoms with Gasteiger partial charge in [0.1, 0.15) is 5.75 Å². The molecule has 2 aromatic heterocycles. The number of nitrogens with zero attached hydrogens (tertiary/aromatic N) is 3. The van der Waals surface area contributed by atoms with Crippen molar-refractivity contribution in [2.45, 2.75) is 12.1 Å². The Labute approximate surface area is 206 Å². The van der Waals surface area contributed by atoms with Gasteiger partial charge in [0.25, 0.3) is 5.91 Å². The SMILES string of the molecule is COC(=O)N[C@](C#Cc1cncc(-c2cc[nH]n2)c1)(CN1Cc2ccc(OC)cc2C1=O)C(=O)OC. The lowest BCUT2D eigenvalue weighted by Crippen LogP contribution is -2.60. The standard InChI is InChI=1S/C25H23N5O6/c1-34-19-5-4-17-14-30(22(31)20(17)11-19)15-25(23(32)35-2,28-24(33)36-3)8-6-16-10-18(13-26-12-16)21-7-9-27-29-21/h4-5,7,9-13H,14-15H2,1-3H3,(H,27,29)(H,28,33)/t25-/m1/s1.